The topological polar surface area (TPSA) is 21.3 Å². The number of benzene rings is 1. The van der Waals surface area contributed by atoms with E-state index in [1.54, 1.807) is 7.11 Å². The van der Waals surface area contributed by atoms with Crippen LogP contribution in [-0.2, 0) is 15.6 Å². The molecule has 0 heterocycles. The van der Waals surface area contributed by atoms with E-state index in [1.165, 1.54) is 17.5 Å². The van der Waals surface area contributed by atoms with E-state index < -0.39 is 0 Å². The third kappa shape index (κ3) is 3.24. The second-order valence-electron chi connectivity index (χ2n) is 7.26. The van der Waals surface area contributed by atoms with Crippen molar-refractivity contribution in [1.29, 1.82) is 0 Å². The Hall–Kier alpha value is -0.860. The molecule has 0 saturated heterocycles. The molecule has 2 unspecified atom stereocenters. The van der Waals surface area contributed by atoms with Gasteiger partial charge < -0.3 is 10.1 Å². The number of methoxy groups -OCH3 is 1. The summed E-state index contributed by atoms with van der Waals surface area (Å²) < 4.78 is 5.10. The molecule has 0 aliphatic heterocycles. The Morgan fingerprint density at radius 1 is 1.25 bits per heavy atom. The van der Waals surface area contributed by atoms with Crippen LogP contribution in [-0.4, -0.2) is 26.8 Å². The van der Waals surface area contributed by atoms with Crippen LogP contribution in [0.5, 0.6) is 0 Å². The summed E-state index contributed by atoms with van der Waals surface area (Å²) in [6, 6.07) is 9.28. The van der Waals surface area contributed by atoms with Crippen LogP contribution in [0.2, 0.25) is 0 Å². The summed E-state index contributed by atoms with van der Waals surface area (Å²) in [5.41, 5.74) is 3.49. The Morgan fingerprint density at radius 3 is 2.30 bits per heavy atom. The molecule has 0 radical (unpaired) electrons. The monoisotopic (exact) mass is 275 g/mol. The third-order valence-electron chi connectivity index (χ3n) is 4.70. The number of hydrogen-bond donors (Lipinski definition) is 1. The molecule has 2 rings (SSSR count). The Kier molecular flexibility index (Phi) is 4.55. The quantitative estimate of drug-likeness (QED) is 0.802. The predicted molar refractivity (Wildman–Crippen MR) is 85.3 cm³/mol. The van der Waals surface area contributed by atoms with Gasteiger partial charge in [0, 0.05) is 25.6 Å². The smallest absolute Gasteiger partial charge is 0.0587 e. The number of rotatable bonds is 6. The minimum absolute atomic E-state index is 0.234. The maximum absolute atomic E-state index is 5.10. The van der Waals surface area contributed by atoms with E-state index in [1.807, 2.05) is 0 Å². The molecular formula is C18H29NO. The van der Waals surface area contributed by atoms with Crippen molar-refractivity contribution in [2.75, 3.05) is 26.8 Å². The summed E-state index contributed by atoms with van der Waals surface area (Å²) in [6.07, 6.45) is 1.29. The molecular weight excluding hydrogens is 246 g/mol. The molecule has 1 aliphatic carbocycles. The third-order valence-corrected chi connectivity index (χ3v) is 4.70. The van der Waals surface area contributed by atoms with E-state index in [0.717, 1.165) is 25.6 Å². The zero-order chi connectivity index (χ0) is 14.8. The molecule has 2 atom stereocenters. The van der Waals surface area contributed by atoms with Gasteiger partial charge >= 0.3 is 0 Å². The van der Waals surface area contributed by atoms with Gasteiger partial charge in [-0.25, -0.2) is 0 Å². The summed E-state index contributed by atoms with van der Waals surface area (Å²) in [5, 5.41) is 3.54. The number of ether oxygens (including phenoxy) is 1. The van der Waals surface area contributed by atoms with Crippen LogP contribution in [0, 0.1) is 5.92 Å². The van der Waals surface area contributed by atoms with Crippen LogP contribution in [0.25, 0.3) is 0 Å². The van der Waals surface area contributed by atoms with E-state index in [9.17, 15) is 0 Å². The minimum atomic E-state index is 0.234. The summed E-state index contributed by atoms with van der Waals surface area (Å²) >= 11 is 0. The number of nitrogens with one attached hydrogen (secondary N) is 1. The molecule has 0 bridgehead atoms. The molecule has 1 aliphatic rings. The molecule has 0 aromatic heterocycles. The van der Waals surface area contributed by atoms with Crippen LogP contribution in [0.4, 0.5) is 0 Å². The molecule has 0 amide bonds. The van der Waals surface area contributed by atoms with Gasteiger partial charge in [0.15, 0.2) is 0 Å². The molecule has 1 N–H and O–H groups in total. The average molecular weight is 275 g/mol. The first-order valence-electron chi connectivity index (χ1n) is 7.71. The van der Waals surface area contributed by atoms with Crippen LogP contribution >= 0.6 is 0 Å². The second-order valence-corrected chi connectivity index (χ2v) is 7.26. The molecule has 0 spiro atoms. The van der Waals surface area contributed by atoms with Crippen LogP contribution in [0.1, 0.15) is 45.2 Å². The van der Waals surface area contributed by atoms with Gasteiger partial charge in [0.05, 0.1) is 6.61 Å². The first-order valence-corrected chi connectivity index (χ1v) is 7.71. The largest absolute Gasteiger partial charge is 0.383 e. The van der Waals surface area contributed by atoms with Crippen molar-refractivity contribution in [1.82, 2.24) is 5.32 Å². The van der Waals surface area contributed by atoms with Crippen LogP contribution < -0.4 is 5.32 Å². The van der Waals surface area contributed by atoms with Crippen molar-refractivity contribution in [3.8, 4) is 0 Å². The summed E-state index contributed by atoms with van der Waals surface area (Å²) in [4.78, 5) is 0. The fourth-order valence-electron chi connectivity index (χ4n) is 3.03. The Morgan fingerprint density at radius 2 is 1.85 bits per heavy atom. The Labute approximate surface area is 123 Å². The zero-order valence-electron chi connectivity index (χ0n) is 13.6. The van der Waals surface area contributed by atoms with E-state index >= 15 is 0 Å². The Bertz CT molecular complexity index is 432. The summed E-state index contributed by atoms with van der Waals surface area (Å²) in [5.74, 6) is 0.776. The zero-order valence-corrected chi connectivity index (χ0v) is 13.6. The van der Waals surface area contributed by atoms with E-state index in [-0.39, 0.29) is 5.41 Å². The normalized spacial score (nSPS) is 25.8. The van der Waals surface area contributed by atoms with Crippen molar-refractivity contribution < 1.29 is 4.74 Å². The molecule has 1 aromatic carbocycles. The van der Waals surface area contributed by atoms with Crippen LogP contribution in [0.3, 0.4) is 0 Å². The van der Waals surface area contributed by atoms with E-state index in [4.69, 9.17) is 4.74 Å². The van der Waals surface area contributed by atoms with Gasteiger partial charge in [-0.3, -0.25) is 0 Å². The van der Waals surface area contributed by atoms with Crippen LogP contribution in [0.15, 0.2) is 24.3 Å². The van der Waals surface area contributed by atoms with Gasteiger partial charge in [-0.15, -0.1) is 0 Å². The average Bonchev–Trinajstić information content (AvgIpc) is 3.06. The molecule has 1 saturated carbocycles. The van der Waals surface area contributed by atoms with Gasteiger partial charge in [0.2, 0.25) is 0 Å². The van der Waals surface area contributed by atoms with Gasteiger partial charge in [-0.1, -0.05) is 52.0 Å². The first-order chi connectivity index (χ1) is 9.40. The standard InChI is InChI=1S/C18H29NO/c1-14-12-18(14,13-19-10-11-20-5)16-8-6-15(7-9-16)17(2,3)4/h6-9,14,19H,10-13H2,1-5H3. The van der Waals surface area contributed by atoms with E-state index in [2.05, 4.69) is 57.3 Å². The lowest BCUT2D eigenvalue weighted by Crippen LogP contribution is -2.30. The lowest BCUT2D eigenvalue weighted by molar-refractivity contribution is 0.198. The van der Waals surface area contributed by atoms with Crippen molar-refractivity contribution in [2.45, 2.75) is 44.9 Å². The predicted octanol–water partition coefficient (Wildman–Crippen LogP) is 3.50. The second kappa shape index (κ2) is 5.87. The van der Waals surface area contributed by atoms with E-state index in [0.29, 0.717) is 5.41 Å². The molecule has 1 fully saturated rings. The molecule has 2 nitrogen and oxygen atoms in total. The maximum Gasteiger partial charge on any atom is 0.0587 e. The van der Waals surface area contributed by atoms with Gasteiger partial charge in [0.25, 0.3) is 0 Å². The molecule has 1 aromatic rings. The lowest BCUT2D eigenvalue weighted by Gasteiger charge is -2.22. The summed E-state index contributed by atoms with van der Waals surface area (Å²) in [7, 11) is 1.75. The van der Waals surface area contributed by atoms with Crippen molar-refractivity contribution in [2.24, 2.45) is 5.92 Å². The van der Waals surface area contributed by atoms with Gasteiger partial charge in [-0.05, 0) is 28.9 Å². The maximum atomic E-state index is 5.10. The van der Waals surface area contributed by atoms with Crippen molar-refractivity contribution in [3.63, 3.8) is 0 Å². The highest BCUT2D eigenvalue weighted by Gasteiger charge is 2.51. The first kappa shape index (κ1) is 15.5. The SMILES string of the molecule is COCCNCC1(c2ccc(C(C)(C)C)cc2)CC1C. The summed E-state index contributed by atoms with van der Waals surface area (Å²) in [6.45, 7) is 11.9. The van der Waals surface area contributed by atoms with Crippen molar-refractivity contribution in [3.05, 3.63) is 35.4 Å². The number of hydrogen-bond acceptors (Lipinski definition) is 2. The highest BCUT2D eigenvalue weighted by Crippen LogP contribution is 2.53. The molecule has 20 heavy (non-hydrogen) atoms. The van der Waals surface area contributed by atoms with Gasteiger partial charge in [-0.2, -0.15) is 0 Å². The molecule has 2 heteroatoms. The molecule has 112 valence electrons. The van der Waals surface area contributed by atoms with Crippen molar-refractivity contribution >= 4 is 0 Å². The highest BCUT2D eigenvalue weighted by molar-refractivity contribution is 5.37. The minimum Gasteiger partial charge on any atom is -0.383 e. The Balaban J connectivity index is 2.05. The fourth-order valence-corrected chi connectivity index (χ4v) is 3.03. The fraction of sp³-hybridized carbons (Fsp3) is 0.667. The highest BCUT2D eigenvalue weighted by atomic mass is 16.5. The lowest BCUT2D eigenvalue weighted by atomic mass is 9.84. The van der Waals surface area contributed by atoms with Gasteiger partial charge in [0.1, 0.15) is 0 Å².